The summed E-state index contributed by atoms with van der Waals surface area (Å²) in [7, 11) is 0. The van der Waals surface area contributed by atoms with Gasteiger partial charge in [0.25, 0.3) is 0 Å². The van der Waals surface area contributed by atoms with Crippen LogP contribution in [0.3, 0.4) is 0 Å². The van der Waals surface area contributed by atoms with Crippen molar-refractivity contribution in [1.29, 1.82) is 0 Å². The zero-order valence-corrected chi connectivity index (χ0v) is 9.85. The Morgan fingerprint density at radius 2 is 1.69 bits per heavy atom. The Bertz CT molecular complexity index is 153. The van der Waals surface area contributed by atoms with E-state index in [9.17, 15) is 0 Å². The van der Waals surface area contributed by atoms with E-state index in [-0.39, 0.29) is 0 Å². The third-order valence-electron chi connectivity index (χ3n) is 3.84. The second kappa shape index (κ2) is 4.00. The van der Waals surface area contributed by atoms with Gasteiger partial charge in [-0.3, -0.25) is 0 Å². The highest BCUT2D eigenvalue weighted by atomic mass is 15.0. The molecule has 0 aromatic heterocycles. The lowest BCUT2D eigenvalue weighted by molar-refractivity contribution is 0.0965. The molecule has 0 amide bonds. The lowest BCUT2D eigenvalue weighted by Gasteiger charge is -2.47. The van der Waals surface area contributed by atoms with Gasteiger partial charge in [0.2, 0.25) is 0 Å². The monoisotopic (exact) mass is 183 g/mol. The summed E-state index contributed by atoms with van der Waals surface area (Å²) >= 11 is 0. The standard InChI is InChI=1S/C12H25N/c1-9(2)12(10(3)4)8-11(5)6-7-13-12/h9-11,13H,6-8H2,1-5H3. The van der Waals surface area contributed by atoms with Crippen molar-refractivity contribution in [3.8, 4) is 0 Å². The van der Waals surface area contributed by atoms with Gasteiger partial charge in [-0.15, -0.1) is 0 Å². The highest BCUT2D eigenvalue weighted by Crippen LogP contribution is 2.36. The maximum atomic E-state index is 3.76. The molecule has 0 aromatic rings. The molecule has 13 heavy (non-hydrogen) atoms. The van der Waals surface area contributed by atoms with Gasteiger partial charge in [0.1, 0.15) is 0 Å². The summed E-state index contributed by atoms with van der Waals surface area (Å²) in [4.78, 5) is 0. The highest BCUT2D eigenvalue weighted by molar-refractivity contribution is 4.97. The van der Waals surface area contributed by atoms with Crippen LogP contribution >= 0.6 is 0 Å². The van der Waals surface area contributed by atoms with E-state index in [1.165, 1.54) is 19.4 Å². The van der Waals surface area contributed by atoms with Gasteiger partial charge in [-0.2, -0.15) is 0 Å². The average Bonchev–Trinajstić information content (AvgIpc) is 2.03. The fourth-order valence-electron chi connectivity index (χ4n) is 2.85. The minimum atomic E-state index is 0.400. The molecule has 1 unspecified atom stereocenters. The molecular weight excluding hydrogens is 158 g/mol. The Balaban J connectivity index is 2.77. The van der Waals surface area contributed by atoms with Crippen LogP contribution in [-0.2, 0) is 0 Å². The summed E-state index contributed by atoms with van der Waals surface area (Å²) in [5.74, 6) is 2.39. The van der Waals surface area contributed by atoms with Crippen LogP contribution in [0.1, 0.15) is 47.5 Å². The maximum Gasteiger partial charge on any atom is 0.0229 e. The molecule has 1 aliphatic heterocycles. The number of piperidine rings is 1. The van der Waals surface area contributed by atoms with E-state index in [0.29, 0.717) is 5.54 Å². The molecular formula is C12H25N. The average molecular weight is 183 g/mol. The molecule has 1 N–H and O–H groups in total. The summed E-state index contributed by atoms with van der Waals surface area (Å²) in [6.07, 6.45) is 2.70. The van der Waals surface area contributed by atoms with Crippen LogP contribution in [0, 0.1) is 17.8 Å². The molecule has 1 saturated heterocycles. The van der Waals surface area contributed by atoms with E-state index in [1.54, 1.807) is 0 Å². The predicted molar refractivity (Wildman–Crippen MR) is 58.8 cm³/mol. The normalized spacial score (nSPS) is 28.4. The summed E-state index contributed by atoms with van der Waals surface area (Å²) in [6.45, 7) is 13.0. The third-order valence-corrected chi connectivity index (χ3v) is 3.84. The van der Waals surface area contributed by atoms with Crippen molar-refractivity contribution in [1.82, 2.24) is 5.32 Å². The molecule has 0 bridgehead atoms. The number of nitrogens with one attached hydrogen (secondary N) is 1. The van der Waals surface area contributed by atoms with Crippen LogP contribution in [-0.4, -0.2) is 12.1 Å². The van der Waals surface area contributed by atoms with E-state index >= 15 is 0 Å². The minimum Gasteiger partial charge on any atom is -0.311 e. The summed E-state index contributed by atoms with van der Waals surface area (Å²) in [5, 5.41) is 3.76. The molecule has 0 aromatic carbocycles. The molecule has 0 spiro atoms. The van der Waals surface area contributed by atoms with Crippen molar-refractivity contribution in [3.05, 3.63) is 0 Å². The molecule has 0 aliphatic carbocycles. The Hall–Kier alpha value is -0.0400. The zero-order chi connectivity index (χ0) is 10.1. The minimum absolute atomic E-state index is 0.400. The predicted octanol–water partition coefficient (Wildman–Crippen LogP) is 3.06. The molecule has 1 nitrogen and oxygen atoms in total. The topological polar surface area (TPSA) is 12.0 Å². The number of rotatable bonds is 2. The van der Waals surface area contributed by atoms with Crippen LogP contribution < -0.4 is 5.32 Å². The molecule has 0 radical (unpaired) electrons. The Morgan fingerprint density at radius 1 is 1.15 bits per heavy atom. The van der Waals surface area contributed by atoms with Crippen LogP contribution in [0.4, 0.5) is 0 Å². The van der Waals surface area contributed by atoms with E-state index in [1.807, 2.05) is 0 Å². The van der Waals surface area contributed by atoms with E-state index in [4.69, 9.17) is 0 Å². The molecule has 1 fully saturated rings. The first-order valence-electron chi connectivity index (χ1n) is 5.74. The van der Waals surface area contributed by atoms with Crippen LogP contribution in [0.5, 0.6) is 0 Å². The Morgan fingerprint density at radius 3 is 2.00 bits per heavy atom. The smallest absolute Gasteiger partial charge is 0.0229 e. The second-order valence-electron chi connectivity index (χ2n) is 5.37. The Kier molecular flexibility index (Phi) is 3.39. The van der Waals surface area contributed by atoms with Gasteiger partial charge in [-0.25, -0.2) is 0 Å². The SMILES string of the molecule is CC1CCNC(C(C)C)(C(C)C)C1. The second-order valence-corrected chi connectivity index (χ2v) is 5.37. The van der Waals surface area contributed by atoms with Gasteiger partial charge in [0, 0.05) is 5.54 Å². The first-order valence-corrected chi connectivity index (χ1v) is 5.74. The summed E-state index contributed by atoms with van der Waals surface area (Å²) in [6, 6.07) is 0. The van der Waals surface area contributed by atoms with Gasteiger partial charge < -0.3 is 5.32 Å². The fraction of sp³-hybridized carbons (Fsp3) is 1.00. The Labute approximate surface area is 83.3 Å². The molecule has 1 atom stereocenters. The van der Waals surface area contributed by atoms with E-state index in [2.05, 4.69) is 39.9 Å². The van der Waals surface area contributed by atoms with Crippen LogP contribution in [0.2, 0.25) is 0 Å². The quantitative estimate of drug-likeness (QED) is 0.694. The van der Waals surface area contributed by atoms with Crippen LogP contribution in [0.15, 0.2) is 0 Å². The third kappa shape index (κ3) is 2.07. The molecule has 0 saturated carbocycles. The molecule has 78 valence electrons. The van der Waals surface area contributed by atoms with E-state index in [0.717, 1.165) is 17.8 Å². The van der Waals surface area contributed by atoms with Crippen molar-refractivity contribution in [3.63, 3.8) is 0 Å². The largest absolute Gasteiger partial charge is 0.311 e. The summed E-state index contributed by atoms with van der Waals surface area (Å²) in [5.41, 5.74) is 0.400. The van der Waals surface area contributed by atoms with Gasteiger partial charge in [-0.1, -0.05) is 34.6 Å². The summed E-state index contributed by atoms with van der Waals surface area (Å²) < 4.78 is 0. The first-order chi connectivity index (χ1) is 5.99. The molecule has 1 rings (SSSR count). The first kappa shape index (κ1) is 11.0. The van der Waals surface area contributed by atoms with Crippen molar-refractivity contribution >= 4 is 0 Å². The molecule has 1 aliphatic rings. The van der Waals surface area contributed by atoms with Gasteiger partial charge in [-0.05, 0) is 37.1 Å². The van der Waals surface area contributed by atoms with Gasteiger partial charge in [0.05, 0.1) is 0 Å². The lowest BCUT2D eigenvalue weighted by atomic mass is 9.69. The zero-order valence-electron chi connectivity index (χ0n) is 9.85. The number of hydrogen-bond acceptors (Lipinski definition) is 1. The fourth-order valence-corrected chi connectivity index (χ4v) is 2.85. The van der Waals surface area contributed by atoms with Gasteiger partial charge in [0.15, 0.2) is 0 Å². The van der Waals surface area contributed by atoms with E-state index < -0.39 is 0 Å². The van der Waals surface area contributed by atoms with Gasteiger partial charge >= 0.3 is 0 Å². The maximum absolute atomic E-state index is 3.76. The van der Waals surface area contributed by atoms with Crippen molar-refractivity contribution in [2.75, 3.05) is 6.54 Å². The van der Waals surface area contributed by atoms with Crippen molar-refractivity contribution < 1.29 is 0 Å². The van der Waals surface area contributed by atoms with Crippen molar-refractivity contribution in [2.45, 2.75) is 53.0 Å². The number of hydrogen-bond donors (Lipinski definition) is 1. The van der Waals surface area contributed by atoms with Crippen molar-refractivity contribution in [2.24, 2.45) is 17.8 Å². The lowest BCUT2D eigenvalue weighted by Crippen LogP contribution is -2.57. The van der Waals surface area contributed by atoms with Crippen LogP contribution in [0.25, 0.3) is 0 Å². The highest BCUT2D eigenvalue weighted by Gasteiger charge is 2.39. The molecule has 1 heterocycles. The molecule has 1 heteroatoms.